The van der Waals surface area contributed by atoms with Crippen LogP contribution in [0.4, 0.5) is 10.1 Å². The highest BCUT2D eigenvalue weighted by molar-refractivity contribution is 7.92. The van der Waals surface area contributed by atoms with Gasteiger partial charge in [-0.25, -0.2) is 12.8 Å². The van der Waals surface area contributed by atoms with Crippen molar-refractivity contribution in [2.75, 3.05) is 4.72 Å². The Balaban J connectivity index is 2.33. The number of hydrogen-bond donors (Lipinski definition) is 2. The predicted octanol–water partition coefficient (Wildman–Crippen LogP) is 2.64. The van der Waals surface area contributed by atoms with E-state index >= 15 is 0 Å². The van der Waals surface area contributed by atoms with Crippen LogP contribution in [-0.4, -0.2) is 13.5 Å². The molecular formula is C13H12FNO3S. The average Bonchev–Trinajstić information content (AvgIpc) is 2.33. The lowest BCUT2D eigenvalue weighted by Crippen LogP contribution is -2.13. The van der Waals surface area contributed by atoms with Gasteiger partial charge >= 0.3 is 0 Å². The Kier molecular flexibility index (Phi) is 3.44. The van der Waals surface area contributed by atoms with Gasteiger partial charge in [-0.2, -0.15) is 0 Å². The molecule has 0 aliphatic carbocycles. The standard InChI is InChI=1S/C13H12FNO3S/c1-9-2-7-13(12(14)8-9)15-19(17,18)11-5-3-10(16)4-6-11/h2-8,15-16H,1H3. The number of benzene rings is 2. The number of halogens is 1. The van der Waals surface area contributed by atoms with Crippen LogP contribution in [-0.2, 0) is 10.0 Å². The largest absolute Gasteiger partial charge is 0.508 e. The Labute approximate surface area is 110 Å². The van der Waals surface area contributed by atoms with Gasteiger partial charge in [0.25, 0.3) is 10.0 Å². The molecule has 2 aromatic rings. The molecule has 0 aromatic heterocycles. The highest BCUT2D eigenvalue weighted by atomic mass is 32.2. The molecule has 0 saturated heterocycles. The SMILES string of the molecule is Cc1ccc(NS(=O)(=O)c2ccc(O)cc2)c(F)c1. The molecule has 4 nitrogen and oxygen atoms in total. The fourth-order valence-corrected chi connectivity index (χ4v) is 2.60. The van der Waals surface area contributed by atoms with E-state index in [-0.39, 0.29) is 16.3 Å². The van der Waals surface area contributed by atoms with Crippen LogP contribution in [0.3, 0.4) is 0 Å². The normalized spacial score (nSPS) is 11.3. The van der Waals surface area contributed by atoms with E-state index in [2.05, 4.69) is 4.72 Å². The number of anilines is 1. The molecule has 19 heavy (non-hydrogen) atoms. The summed E-state index contributed by atoms with van der Waals surface area (Å²) in [6, 6.07) is 9.20. The zero-order chi connectivity index (χ0) is 14.0. The molecule has 2 N–H and O–H groups in total. The molecular weight excluding hydrogens is 269 g/mol. The molecule has 6 heteroatoms. The minimum absolute atomic E-state index is 0.0412. The zero-order valence-corrected chi connectivity index (χ0v) is 10.9. The second-order valence-electron chi connectivity index (χ2n) is 4.08. The maximum atomic E-state index is 13.6. The summed E-state index contributed by atoms with van der Waals surface area (Å²) in [5, 5.41) is 9.11. The van der Waals surface area contributed by atoms with Gasteiger partial charge in [0.15, 0.2) is 0 Å². The average molecular weight is 281 g/mol. The van der Waals surface area contributed by atoms with Crippen LogP contribution in [0.5, 0.6) is 5.75 Å². The topological polar surface area (TPSA) is 66.4 Å². The van der Waals surface area contributed by atoms with Crippen LogP contribution >= 0.6 is 0 Å². The second-order valence-corrected chi connectivity index (χ2v) is 5.77. The molecule has 0 aliphatic heterocycles. The van der Waals surface area contributed by atoms with Crippen LogP contribution in [0.15, 0.2) is 47.4 Å². The maximum absolute atomic E-state index is 13.6. The van der Waals surface area contributed by atoms with Gasteiger partial charge in [-0.15, -0.1) is 0 Å². The van der Waals surface area contributed by atoms with Gasteiger partial charge < -0.3 is 5.11 Å². The molecule has 0 radical (unpaired) electrons. The number of nitrogens with one attached hydrogen (secondary N) is 1. The van der Waals surface area contributed by atoms with E-state index in [0.717, 1.165) is 0 Å². The molecule has 0 heterocycles. The highest BCUT2D eigenvalue weighted by Gasteiger charge is 2.16. The number of phenols is 1. The van der Waals surface area contributed by atoms with E-state index < -0.39 is 15.8 Å². The quantitative estimate of drug-likeness (QED) is 0.909. The van der Waals surface area contributed by atoms with Crippen LogP contribution in [0.25, 0.3) is 0 Å². The van der Waals surface area contributed by atoms with Gasteiger partial charge in [0, 0.05) is 0 Å². The Bertz CT molecular complexity index is 696. The molecule has 100 valence electrons. The zero-order valence-electron chi connectivity index (χ0n) is 10.1. The molecule has 0 unspecified atom stereocenters. The van der Waals surface area contributed by atoms with Crippen LogP contribution in [0, 0.1) is 12.7 Å². The van der Waals surface area contributed by atoms with E-state index in [1.165, 1.54) is 36.4 Å². The number of hydrogen-bond acceptors (Lipinski definition) is 3. The number of rotatable bonds is 3. The first kappa shape index (κ1) is 13.4. The van der Waals surface area contributed by atoms with E-state index in [1.54, 1.807) is 13.0 Å². The second kappa shape index (κ2) is 4.89. The van der Waals surface area contributed by atoms with Crippen molar-refractivity contribution in [3.8, 4) is 5.75 Å². The van der Waals surface area contributed by atoms with Crippen molar-refractivity contribution in [3.05, 3.63) is 53.8 Å². The van der Waals surface area contributed by atoms with Crippen LogP contribution < -0.4 is 4.72 Å². The smallest absolute Gasteiger partial charge is 0.261 e. The van der Waals surface area contributed by atoms with Gasteiger partial charge in [0.1, 0.15) is 11.6 Å². The Hall–Kier alpha value is -2.08. The van der Waals surface area contributed by atoms with Crippen molar-refractivity contribution in [3.63, 3.8) is 0 Å². The first-order valence-electron chi connectivity index (χ1n) is 5.46. The minimum atomic E-state index is -3.87. The molecule has 0 atom stereocenters. The summed E-state index contributed by atoms with van der Waals surface area (Å²) in [7, 11) is -3.87. The lowest BCUT2D eigenvalue weighted by Gasteiger charge is -2.09. The fraction of sp³-hybridized carbons (Fsp3) is 0.0769. The summed E-state index contributed by atoms with van der Waals surface area (Å²) in [6.45, 7) is 1.71. The van der Waals surface area contributed by atoms with E-state index in [0.29, 0.717) is 5.56 Å². The monoisotopic (exact) mass is 281 g/mol. The van der Waals surface area contributed by atoms with Gasteiger partial charge in [-0.3, -0.25) is 4.72 Å². The predicted molar refractivity (Wildman–Crippen MR) is 70.1 cm³/mol. The van der Waals surface area contributed by atoms with E-state index in [1.807, 2.05) is 0 Å². The van der Waals surface area contributed by atoms with Crippen molar-refractivity contribution in [2.24, 2.45) is 0 Å². The van der Waals surface area contributed by atoms with Crippen molar-refractivity contribution < 1.29 is 17.9 Å². The van der Waals surface area contributed by atoms with E-state index in [4.69, 9.17) is 5.11 Å². The first-order valence-corrected chi connectivity index (χ1v) is 6.95. The van der Waals surface area contributed by atoms with Gasteiger partial charge in [0.05, 0.1) is 10.6 Å². The summed E-state index contributed by atoms with van der Waals surface area (Å²) in [5.41, 5.74) is 0.587. The van der Waals surface area contributed by atoms with Gasteiger partial charge in [-0.1, -0.05) is 6.07 Å². The van der Waals surface area contributed by atoms with Gasteiger partial charge in [0.2, 0.25) is 0 Å². The molecule has 0 amide bonds. The number of aryl methyl sites for hydroxylation is 1. The van der Waals surface area contributed by atoms with Crippen molar-refractivity contribution >= 4 is 15.7 Å². The molecule has 0 saturated carbocycles. The third kappa shape index (κ3) is 3.03. The lowest BCUT2D eigenvalue weighted by molar-refractivity contribution is 0.475. The van der Waals surface area contributed by atoms with Crippen LogP contribution in [0.2, 0.25) is 0 Å². The molecule has 2 rings (SSSR count). The Morgan fingerprint density at radius 2 is 1.74 bits per heavy atom. The molecule has 0 fully saturated rings. The summed E-state index contributed by atoms with van der Waals surface area (Å²) in [6.07, 6.45) is 0. The Morgan fingerprint density at radius 1 is 1.11 bits per heavy atom. The third-order valence-corrected chi connectivity index (χ3v) is 3.90. The molecule has 0 spiro atoms. The fourth-order valence-electron chi connectivity index (χ4n) is 1.53. The highest BCUT2D eigenvalue weighted by Crippen LogP contribution is 2.21. The van der Waals surface area contributed by atoms with Crippen molar-refractivity contribution in [2.45, 2.75) is 11.8 Å². The summed E-state index contributed by atoms with van der Waals surface area (Å²) >= 11 is 0. The Morgan fingerprint density at radius 3 is 2.32 bits per heavy atom. The van der Waals surface area contributed by atoms with Crippen molar-refractivity contribution in [1.82, 2.24) is 0 Å². The summed E-state index contributed by atoms with van der Waals surface area (Å²) < 4.78 is 39.7. The number of aromatic hydroxyl groups is 1. The summed E-state index contributed by atoms with van der Waals surface area (Å²) in [5.74, 6) is -0.678. The summed E-state index contributed by atoms with van der Waals surface area (Å²) in [4.78, 5) is -0.0507. The molecule has 0 bridgehead atoms. The van der Waals surface area contributed by atoms with Crippen LogP contribution in [0.1, 0.15) is 5.56 Å². The number of sulfonamides is 1. The molecule has 2 aromatic carbocycles. The minimum Gasteiger partial charge on any atom is -0.508 e. The van der Waals surface area contributed by atoms with Crippen molar-refractivity contribution in [1.29, 1.82) is 0 Å². The maximum Gasteiger partial charge on any atom is 0.261 e. The first-order chi connectivity index (χ1) is 8.88. The van der Waals surface area contributed by atoms with E-state index in [9.17, 15) is 12.8 Å². The molecule has 0 aliphatic rings. The third-order valence-electron chi connectivity index (χ3n) is 2.52. The van der Waals surface area contributed by atoms with Gasteiger partial charge in [-0.05, 0) is 48.9 Å². The lowest BCUT2D eigenvalue weighted by atomic mass is 10.2. The number of phenolic OH excluding ortho intramolecular Hbond substituents is 1.